The first-order chi connectivity index (χ1) is 27.4. The molecule has 0 unspecified atom stereocenters. The molecule has 13 nitrogen and oxygen atoms in total. The maximum absolute atomic E-state index is 13.5. The highest BCUT2D eigenvalue weighted by Crippen LogP contribution is 2.37. The third-order valence-corrected chi connectivity index (χ3v) is 9.66. The number of nitrogens with two attached hydrogens (primary N) is 1. The number of primary amides is 1. The van der Waals surface area contributed by atoms with Crippen LogP contribution in [-0.2, 0) is 27.8 Å². The zero-order valence-corrected chi connectivity index (χ0v) is 33.1. The molecule has 1 aliphatic heterocycles. The topological polar surface area (TPSA) is 166 Å². The molecule has 298 valence electrons. The molecule has 1 aliphatic rings. The minimum atomic E-state index is -0.505. The summed E-state index contributed by atoms with van der Waals surface area (Å²) >= 11 is 0. The van der Waals surface area contributed by atoms with Gasteiger partial charge in [0.05, 0.1) is 45.2 Å². The van der Waals surface area contributed by atoms with Crippen LogP contribution in [0.5, 0.6) is 23.0 Å². The number of pyridine rings is 1. The van der Waals surface area contributed by atoms with Crippen LogP contribution in [-0.4, -0.2) is 81.3 Å². The van der Waals surface area contributed by atoms with Crippen LogP contribution in [0.2, 0.25) is 0 Å². The predicted octanol–water partition coefficient (Wildman–Crippen LogP) is 6.67. The van der Waals surface area contributed by atoms with Crippen LogP contribution in [0, 0.1) is 0 Å². The summed E-state index contributed by atoms with van der Waals surface area (Å²) in [4.78, 5) is 45.4. The van der Waals surface area contributed by atoms with Crippen LogP contribution in [0.15, 0.2) is 85.1 Å². The van der Waals surface area contributed by atoms with E-state index in [2.05, 4.69) is 25.8 Å². The summed E-state index contributed by atoms with van der Waals surface area (Å²) in [7, 11) is 3.07. The van der Waals surface area contributed by atoms with Crippen LogP contribution in [0.25, 0.3) is 10.8 Å². The lowest BCUT2D eigenvalue weighted by Gasteiger charge is -2.26. The zero-order chi connectivity index (χ0) is 40.5. The van der Waals surface area contributed by atoms with Gasteiger partial charge in [-0.1, -0.05) is 51.1 Å². The van der Waals surface area contributed by atoms with E-state index in [-0.39, 0.29) is 17.7 Å². The van der Waals surface area contributed by atoms with Gasteiger partial charge >= 0.3 is 6.03 Å². The lowest BCUT2D eigenvalue weighted by atomic mass is 9.85. The number of amides is 4. The van der Waals surface area contributed by atoms with Gasteiger partial charge in [0.15, 0.2) is 0 Å². The molecule has 0 atom stereocenters. The van der Waals surface area contributed by atoms with Gasteiger partial charge in [0.2, 0.25) is 5.91 Å². The Morgan fingerprint density at radius 2 is 1.61 bits per heavy atom. The number of nitrogens with one attached hydrogen (secondary N) is 3. The van der Waals surface area contributed by atoms with Gasteiger partial charge in [0.1, 0.15) is 23.0 Å². The Kier molecular flexibility index (Phi) is 12.9. The number of carbonyl (C=O) groups is 3. The van der Waals surface area contributed by atoms with Gasteiger partial charge < -0.3 is 40.6 Å². The zero-order valence-electron chi connectivity index (χ0n) is 33.1. The summed E-state index contributed by atoms with van der Waals surface area (Å²) < 4.78 is 23.0. The van der Waals surface area contributed by atoms with E-state index in [9.17, 15) is 14.4 Å². The second kappa shape index (κ2) is 18.2. The number of carbonyl (C=O) groups excluding carboxylic acids is 3. The van der Waals surface area contributed by atoms with Crippen LogP contribution in [0.1, 0.15) is 53.5 Å². The number of rotatable bonds is 14. The number of anilines is 2. The summed E-state index contributed by atoms with van der Waals surface area (Å²) in [6.45, 7) is 10.6. The molecule has 0 spiro atoms. The quantitative estimate of drug-likeness (QED) is 0.0965. The maximum Gasteiger partial charge on any atom is 0.323 e. The Morgan fingerprint density at radius 3 is 2.33 bits per heavy atom. The van der Waals surface area contributed by atoms with Crippen molar-refractivity contribution in [2.24, 2.45) is 5.73 Å². The minimum absolute atomic E-state index is 0.0362. The van der Waals surface area contributed by atoms with Crippen molar-refractivity contribution in [3.63, 3.8) is 0 Å². The number of benzene rings is 4. The van der Waals surface area contributed by atoms with Crippen molar-refractivity contribution in [3.05, 3.63) is 113 Å². The van der Waals surface area contributed by atoms with Crippen molar-refractivity contribution >= 4 is 40.0 Å². The van der Waals surface area contributed by atoms with Crippen molar-refractivity contribution in [1.82, 2.24) is 15.2 Å². The monoisotopic (exact) mass is 774 g/mol. The molecule has 57 heavy (non-hydrogen) atoms. The number of urea groups is 1. The SMILES string of the molecule is COc1cc(Cc2cc(Oc3ccc(NC(=O)Nc4cc(C(C)(C)C)cc(CC(N)=O)c4OC)c4ccccc34)ccn2)cc(C(=O)NCCN2CCOCC2)c1. The summed E-state index contributed by atoms with van der Waals surface area (Å²) in [6.07, 6.45) is 2.09. The molecule has 13 heteroatoms. The van der Waals surface area contributed by atoms with E-state index in [0.717, 1.165) is 47.2 Å². The fraction of sp³-hybridized carbons (Fsp3) is 0.318. The highest BCUT2D eigenvalue weighted by Gasteiger charge is 2.22. The Morgan fingerprint density at radius 1 is 0.860 bits per heavy atom. The highest BCUT2D eigenvalue weighted by molar-refractivity contribution is 6.08. The van der Waals surface area contributed by atoms with E-state index in [4.69, 9.17) is 24.7 Å². The number of nitrogens with zero attached hydrogens (tertiary/aromatic N) is 2. The van der Waals surface area contributed by atoms with Gasteiger partial charge in [-0.25, -0.2) is 4.79 Å². The number of fused-ring (bicyclic) bond motifs is 1. The first-order valence-electron chi connectivity index (χ1n) is 18.9. The smallest absolute Gasteiger partial charge is 0.323 e. The van der Waals surface area contributed by atoms with E-state index in [1.807, 2.05) is 75.4 Å². The molecule has 1 saturated heterocycles. The molecule has 0 saturated carbocycles. The normalized spacial score (nSPS) is 13.1. The van der Waals surface area contributed by atoms with Crippen molar-refractivity contribution in [2.45, 2.75) is 39.0 Å². The van der Waals surface area contributed by atoms with Gasteiger partial charge in [0.25, 0.3) is 5.91 Å². The number of hydrogen-bond donors (Lipinski definition) is 4. The molecule has 5 N–H and O–H groups in total. The molecule has 0 aliphatic carbocycles. The summed E-state index contributed by atoms with van der Waals surface area (Å²) in [5, 5.41) is 10.5. The van der Waals surface area contributed by atoms with Crippen molar-refractivity contribution in [1.29, 1.82) is 0 Å². The molecule has 0 radical (unpaired) electrons. The standard InChI is InChI=1S/C44H50N6O7/c1-44(2,3)31-23-29(25-40(45)51)41(55-5)38(26-31)49-43(53)48-37-10-11-39(36-9-7-6-8-35(36)37)57-33-12-13-46-32(27-33)21-28-20-30(24-34(22-28)54-4)42(52)47-14-15-50-16-18-56-19-17-50/h6-13,20,22-24,26-27H,14-19,21,25H2,1-5H3,(H2,45,51)(H,47,52)(H2,48,49,53). The van der Waals surface area contributed by atoms with E-state index in [0.29, 0.717) is 71.7 Å². The lowest BCUT2D eigenvalue weighted by molar-refractivity contribution is -0.117. The van der Waals surface area contributed by atoms with Crippen molar-refractivity contribution < 1.29 is 33.3 Å². The van der Waals surface area contributed by atoms with E-state index in [1.165, 1.54) is 7.11 Å². The average molecular weight is 775 g/mol. The number of ether oxygens (including phenoxy) is 4. The van der Waals surface area contributed by atoms with Crippen molar-refractivity contribution in [2.75, 3.05) is 64.2 Å². The first-order valence-corrected chi connectivity index (χ1v) is 18.9. The van der Waals surface area contributed by atoms with Gasteiger partial charge in [-0.3, -0.25) is 19.5 Å². The van der Waals surface area contributed by atoms with Crippen LogP contribution >= 0.6 is 0 Å². The van der Waals surface area contributed by atoms with Crippen LogP contribution in [0.4, 0.5) is 16.2 Å². The Bertz CT molecular complexity index is 2250. The van der Waals surface area contributed by atoms with Crippen LogP contribution in [0.3, 0.4) is 0 Å². The van der Waals surface area contributed by atoms with Gasteiger partial charge in [0, 0.05) is 72.5 Å². The second-order valence-electron chi connectivity index (χ2n) is 14.9. The van der Waals surface area contributed by atoms with Gasteiger partial charge in [-0.2, -0.15) is 0 Å². The summed E-state index contributed by atoms with van der Waals surface area (Å²) in [6, 6.07) is 23.6. The molecule has 4 aromatic carbocycles. The van der Waals surface area contributed by atoms with Gasteiger partial charge in [-0.15, -0.1) is 0 Å². The van der Waals surface area contributed by atoms with Gasteiger partial charge in [-0.05, 0) is 59.0 Å². The third-order valence-electron chi connectivity index (χ3n) is 9.66. The predicted molar refractivity (Wildman–Crippen MR) is 221 cm³/mol. The maximum atomic E-state index is 13.5. The lowest BCUT2D eigenvalue weighted by Crippen LogP contribution is -2.41. The number of hydrogen-bond acceptors (Lipinski definition) is 9. The average Bonchev–Trinajstić information content (AvgIpc) is 3.18. The van der Waals surface area contributed by atoms with E-state index >= 15 is 0 Å². The minimum Gasteiger partial charge on any atom is -0.497 e. The third kappa shape index (κ3) is 10.6. The molecule has 5 aromatic rings. The highest BCUT2D eigenvalue weighted by atomic mass is 16.5. The molecule has 1 fully saturated rings. The fourth-order valence-corrected chi connectivity index (χ4v) is 6.74. The molecule has 2 heterocycles. The molecule has 6 rings (SSSR count). The molecular formula is C44H50N6O7. The number of morpholine rings is 1. The molecule has 1 aromatic heterocycles. The summed E-state index contributed by atoms with van der Waals surface area (Å²) in [5.74, 6) is 1.44. The van der Waals surface area contributed by atoms with Crippen molar-refractivity contribution in [3.8, 4) is 23.0 Å². The Labute approximate surface area is 332 Å². The Balaban J connectivity index is 1.16. The molecular weight excluding hydrogens is 725 g/mol. The number of aromatic nitrogens is 1. The molecule has 4 amide bonds. The summed E-state index contributed by atoms with van der Waals surface area (Å²) in [5.41, 5.74) is 9.87. The largest absolute Gasteiger partial charge is 0.497 e. The van der Waals surface area contributed by atoms with E-state index in [1.54, 1.807) is 37.6 Å². The van der Waals surface area contributed by atoms with E-state index < -0.39 is 11.9 Å². The van der Waals surface area contributed by atoms with Crippen LogP contribution < -0.4 is 35.9 Å². The molecule has 0 bridgehead atoms. The second-order valence-corrected chi connectivity index (χ2v) is 14.9. The Hall–Kier alpha value is -6.18. The fourth-order valence-electron chi connectivity index (χ4n) is 6.74. The first kappa shape index (κ1) is 40.5. The number of methoxy groups -OCH3 is 2.